The van der Waals surface area contributed by atoms with E-state index in [4.69, 9.17) is 0 Å². The SMILES string of the molecule is O=S(=O)(/C(F)=C\C1=C[CH]C=C1)c1ccccc1. The molecule has 1 radical (unpaired) electrons. The van der Waals surface area contributed by atoms with Crippen LogP contribution in [0.5, 0.6) is 0 Å². The Hall–Kier alpha value is -1.68. The Labute approximate surface area is 99.7 Å². The molecule has 87 valence electrons. The van der Waals surface area contributed by atoms with E-state index in [0.717, 1.165) is 6.08 Å². The van der Waals surface area contributed by atoms with E-state index in [1.54, 1.807) is 42.8 Å². The predicted octanol–water partition coefficient (Wildman–Crippen LogP) is 2.97. The molecule has 0 amide bonds. The van der Waals surface area contributed by atoms with E-state index < -0.39 is 15.0 Å². The fourth-order valence-corrected chi connectivity index (χ4v) is 2.44. The summed E-state index contributed by atoms with van der Waals surface area (Å²) >= 11 is 0. The Kier molecular flexibility index (Phi) is 3.24. The van der Waals surface area contributed by atoms with Crippen LogP contribution in [0.3, 0.4) is 0 Å². The molecule has 17 heavy (non-hydrogen) atoms. The van der Waals surface area contributed by atoms with Gasteiger partial charge >= 0.3 is 0 Å². The lowest BCUT2D eigenvalue weighted by atomic mass is 10.3. The van der Waals surface area contributed by atoms with Gasteiger partial charge in [0.1, 0.15) is 0 Å². The zero-order valence-electron chi connectivity index (χ0n) is 8.88. The molecule has 0 bridgehead atoms. The predicted molar refractivity (Wildman–Crippen MR) is 64.3 cm³/mol. The Balaban J connectivity index is 2.37. The highest BCUT2D eigenvalue weighted by Crippen LogP contribution is 2.22. The number of hydrogen-bond acceptors (Lipinski definition) is 2. The summed E-state index contributed by atoms with van der Waals surface area (Å²) in [5, 5.41) is -1.14. The maximum absolute atomic E-state index is 13.7. The zero-order valence-corrected chi connectivity index (χ0v) is 9.69. The molecule has 0 aliphatic heterocycles. The van der Waals surface area contributed by atoms with Crippen LogP contribution in [-0.4, -0.2) is 8.42 Å². The second kappa shape index (κ2) is 4.67. The summed E-state index contributed by atoms with van der Waals surface area (Å²) in [5.41, 5.74) is 0.530. The number of sulfone groups is 1. The van der Waals surface area contributed by atoms with Gasteiger partial charge in [0, 0.05) is 6.42 Å². The van der Waals surface area contributed by atoms with Gasteiger partial charge in [0.2, 0.25) is 15.0 Å². The molecule has 2 rings (SSSR count). The molecule has 0 heterocycles. The van der Waals surface area contributed by atoms with E-state index in [9.17, 15) is 12.8 Å². The quantitative estimate of drug-likeness (QED) is 0.825. The van der Waals surface area contributed by atoms with Gasteiger partial charge < -0.3 is 0 Å². The molecule has 1 aliphatic carbocycles. The summed E-state index contributed by atoms with van der Waals surface area (Å²) < 4.78 is 37.3. The molecule has 1 aromatic rings. The van der Waals surface area contributed by atoms with Gasteiger partial charge in [-0.3, -0.25) is 0 Å². The van der Waals surface area contributed by atoms with Gasteiger partial charge in [-0.25, -0.2) is 8.42 Å². The Morgan fingerprint density at radius 3 is 2.47 bits per heavy atom. The summed E-state index contributed by atoms with van der Waals surface area (Å²) in [4.78, 5) is -0.0414. The first-order valence-corrected chi connectivity index (χ1v) is 6.48. The van der Waals surface area contributed by atoms with Crippen molar-refractivity contribution in [2.45, 2.75) is 4.90 Å². The molecule has 0 unspecified atom stereocenters. The third kappa shape index (κ3) is 2.53. The fraction of sp³-hybridized carbons (Fsp3) is 0. The molecule has 1 aliphatic rings. The van der Waals surface area contributed by atoms with Crippen LogP contribution >= 0.6 is 0 Å². The van der Waals surface area contributed by atoms with Crippen LogP contribution in [0.2, 0.25) is 0 Å². The van der Waals surface area contributed by atoms with Crippen molar-refractivity contribution in [1.29, 1.82) is 0 Å². The highest BCUT2D eigenvalue weighted by Gasteiger charge is 2.20. The monoisotopic (exact) mass is 249 g/mol. The van der Waals surface area contributed by atoms with Crippen LogP contribution in [0.1, 0.15) is 0 Å². The Morgan fingerprint density at radius 1 is 1.18 bits per heavy atom. The van der Waals surface area contributed by atoms with Crippen LogP contribution in [-0.2, 0) is 9.84 Å². The fourth-order valence-electron chi connectivity index (χ4n) is 1.41. The average Bonchev–Trinajstić information content (AvgIpc) is 2.83. The van der Waals surface area contributed by atoms with Crippen molar-refractivity contribution in [2.75, 3.05) is 0 Å². The second-order valence-electron chi connectivity index (χ2n) is 3.48. The van der Waals surface area contributed by atoms with Crippen molar-refractivity contribution >= 4 is 9.84 Å². The first kappa shape index (κ1) is 11.8. The lowest BCUT2D eigenvalue weighted by Gasteiger charge is -2.01. The number of hydrogen-bond donors (Lipinski definition) is 0. The summed E-state index contributed by atoms with van der Waals surface area (Å²) in [6, 6.07) is 7.53. The summed E-state index contributed by atoms with van der Waals surface area (Å²) in [5.74, 6) is 0. The van der Waals surface area contributed by atoms with Gasteiger partial charge in [0.05, 0.1) is 4.90 Å². The summed E-state index contributed by atoms with van der Waals surface area (Å²) in [6.45, 7) is 0. The standard InChI is InChI=1S/C13H10FO2S/c14-13(10-11-6-4-5-7-11)17(15,16)12-8-2-1-3-9-12/h1-10H/b13-10-. The first-order valence-electron chi connectivity index (χ1n) is 5.00. The second-order valence-corrected chi connectivity index (χ2v) is 5.35. The smallest absolute Gasteiger partial charge is 0.216 e. The van der Waals surface area contributed by atoms with Gasteiger partial charge in [0.15, 0.2) is 0 Å². The van der Waals surface area contributed by atoms with E-state index in [-0.39, 0.29) is 4.90 Å². The molecule has 0 saturated heterocycles. The van der Waals surface area contributed by atoms with Gasteiger partial charge in [0.25, 0.3) is 0 Å². The number of halogens is 1. The molecule has 0 fully saturated rings. The van der Waals surface area contributed by atoms with E-state index in [1.807, 2.05) is 0 Å². The molecule has 0 aromatic heterocycles. The normalized spacial score (nSPS) is 16.1. The molecule has 0 saturated carbocycles. The van der Waals surface area contributed by atoms with Crippen LogP contribution in [0.4, 0.5) is 4.39 Å². The van der Waals surface area contributed by atoms with E-state index in [1.165, 1.54) is 12.1 Å². The van der Waals surface area contributed by atoms with Crippen molar-refractivity contribution in [3.8, 4) is 0 Å². The van der Waals surface area contributed by atoms with Crippen molar-refractivity contribution < 1.29 is 12.8 Å². The Morgan fingerprint density at radius 2 is 1.88 bits per heavy atom. The molecular weight excluding hydrogens is 239 g/mol. The Bertz CT molecular complexity index is 596. The number of rotatable bonds is 3. The minimum Gasteiger partial charge on any atom is -0.216 e. The molecule has 2 nitrogen and oxygen atoms in total. The van der Waals surface area contributed by atoms with Crippen LogP contribution < -0.4 is 0 Å². The topological polar surface area (TPSA) is 34.1 Å². The largest absolute Gasteiger partial charge is 0.233 e. The van der Waals surface area contributed by atoms with Crippen molar-refractivity contribution in [3.63, 3.8) is 0 Å². The third-order valence-electron chi connectivity index (χ3n) is 2.28. The van der Waals surface area contributed by atoms with Gasteiger partial charge in [-0.1, -0.05) is 36.4 Å². The summed E-state index contributed by atoms with van der Waals surface area (Å²) in [6.07, 6.45) is 7.73. The van der Waals surface area contributed by atoms with Gasteiger partial charge in [-0.05, 0) is 23.8 Å². The first-order chi connectivity index (χ1) is 8.10. The third-order valence-corrected chi connectivity index (χ3v) is 3.80. The van der Waals surface area contributed by atoms with Crippen molar-refractivity contribution in [2.24, 2.45) is 0 Å². The molecule has 0 N–H and O–H groups in total. The molecule has 0 spiro atoms. The lowest BCUT2D eigenvalue weighted by molar-refractivity contribution is 0.577. The minimum absolute atomic E-state index is 0.0414. The van der Waals surface area contributed by atoms with Crippen LogP contribution in [0.25, 0.3) is 0 Å². The van der Waals surface area contributed by atoms with Crippen LogP contribution in [0.15, 0.2) is 70.3 Å². The van der Waals surface area contributed by atoms with E-state index in [0.29, 0.717) is 5.57 Å². The molecule has 4 heteroatoms. The molecule has 1 aromatic carbocycles. The molecule has 0 atom stereocenters. The van der Waals surface area contributed by atoms with Gasteiger partial charge in [-0.2, -0.15) is 4.39 Å². The number of benzene rings is 1. The maximum atomic E-state index is 13.7. The van der Waals surface area contributed by atoms with Crippen molar-refractivity contribution in [1.82, 2.24) is 0 Å². The highest BCUT2D eigenvalue weighted by molar-refractivity contribution is 7.95. The van der Waals surface area contributed by atoms with Gasteiger partial charge in [-0.15, -0.1) is 0 Å². The lowest BCUT2D eigenvalue weighted by Crippen LogP contribution is -2.01. The maximum Gasteiger partial charge on any atom is 0.233 e. The zero-order chi connectivity index (χ0) is 12.3. The molecular formula is C13H10FO2S. The minimum atomic E-state index is -4.02. The van der Waals surface area contributed by atoms with Crippen LogP contribution in [0, 0.1) is 6.42 Å². The average molecular weight is 249 g/mol. The van der Waals surface area contributed by atoms with E-state index >= 15 is 0 Å². The van der Waals surface area contributed by atoms with E-state index in [2.05, 4.69) is 0 Å². The van der Waals surface area contributed by atoms with Crippen molar-refractivity contribution in [3.05, 3.63) is 71.8 Å². The number of allylic oxidation sites excluding steroid dienone is 5. The highest BCUT2D eigenvalue weighted by atomic mass is 32.2. The summed E-state index contributed by atoms with van der Waals surface area (Å²) in [7, 11) is -4.02.